The molecule has 1 fully saturated rings. The van der Waals surface area contributed by atoms with Crippen molar-refractivity contribution < 1.29 is 18.0 Å². The van der Waals surface area contributed by atoms with Crippen molar-refractivity contribution in [3.8, 4) is 11.1 Å². The van der Waals surface area contributed by atoms with Crippen LogP contribution in [0.3, 0.4) is 0 Å². The number of anilines is 1. The van der Waals surface area contributed by atoms with Gasteiger partial charge in [-0.1, -0.05) is 12.1 Å². The molecule has 3 N–H and O–H groups in total. The van der Waals surface area contributed by atoms with Crippen molar-refractivity contribution in [1.29, 1.82) is 0 Å². The number of amides is 2. The first-order valence-corrected chi connectivity index (χ1v) is 14.0. The number of rotatable bonds is 5. The third kappa shape index (κ3) is 4.66. The van der Waals surface area contributed by atoms with Gasteiger partial charge in [-0.05, 0) is 75.5 Å². The molecule has 9 nitrogen and oxygen atoms in total. The second kappa shape index (κ2) is 9.86. The number of carbonyl (C=O) groups excluding carboxylic acids is 2. The second-order valence-corrected chi connectivity index (χ2v) is 11.7. The monoisotopic (exact) mass is 533 g/mol. The zero-order valence-corrected chi connectivity index (χ0v) is 22.7. The number of aryl methyl sites for hydroxylation is 1. The van der Waals surface area contributed by atoms with Crippen LogP contribution in [0, 0.1) is 13.8 Å². The fraction of sp³-hybridized carbons (Fsp3) is 0.286. The molecule has 38 heavy (non-hydrogen) atoms. The zero-order chi connectivity index (χ0) is 27.2. The molecule has 0 atom stereocenters. The van der Waals surface area contributed by atoms with E-state index in [-0.39, 0.29) is 16.7 Å². The molecule has 2 aliphatic rings. The fourth-order valence-corrected chi connectivity index (χ4v) is 5.85. The molecule has 5 rings (SSSR count). The highest BCUT2D eigenvalue weighted by Crippen LogP contribution is 2.37. The van der Waals surface area contributed by atoms with Crippen LogP contribution in [0.2, 0.25) is 0 Å². The third-order valence-electron chi connectivity index (χ3n) is 7.31. The summed E-state index contributed by atoms with van der Waals surface area (Å²) in [4.78, 5) is 33.6. The van der Waals surface area contributed by atoms with E-state index in [1.165, 1.54) is 19.2 Å². The quantitative estimate of drug-likeness (QED) is 0.436. The molecule has 3 heterocycles. The molecule has 10 heteroatoms. The van der Waals surface area contributed by atoms with Crippen LogP contribution in [0.15, 0.2) is 47.4 Å². The van der Waals surface area contributed by atoms with Crippen LogP contribution in [-0.4, -0.2) is 75.3 Å². The average Bonchev–Trinajstić information content (AvgIpc) is 3.37. The highest BCUT2D eigenvalue weighted by Gasteiger charge is 2.27. The molecular formula is C28H31N5O4S. The van der Waals surface area contributed by atoms with E-state index in [1.54, 1.807) is 12.1 Å². The van der Waals surface area contributed by atoms with Crippen LogP contribution >= 0.6 is 0 Å². The van der Waals surface area contributed by atoms with Gasteiger partial charge in [0.05, 0.1) is 10.5 Å². The van der Waals surface area contributed by atoms with E-state index >= 15 is 0 Å². The predicted octanol–water partition coefficient (Wildman–Crippen LogP) is 3.09. The van der Waals surface area contributed by atoms with Crippen molar-refractivity contribution >= 4 is 39.2 Å². The summed E-state index contributed by atoms with van der Waals surface area (Å²) < 4.78 is 27.0. The molecule has 198 valence electrons. The summed E-state index contributed by atoms with van der Waals surface area (Å²) in [6, 6.07) is 12.2. The normalized spacial score (nSPS) is 17.1. The molecule has 1 aromatic heterocycles. The first kappa shape index (κ1) is 25.9. The minimum Gasteiger partial charge on any atom is -0.358 e. The summed E-state index contributed by atoms with van der Waals surface area (Å²) in [5.41, 5.74) is 6.58. The van der Waals surface area contributed by atoms with E-state index in [9.17, 15) is 18.0 Å². The summed E-state index contributed by atoms with van der Waals surface area (Å²) in [5, 5.41) is 2.81. The summed E-state index contributed by atoms with van der Waals surface area (Å²) in [6.45, 7) is 7.06. The highest BCUT2D eigenvalue weighted by molar-refractivity contribution is 7.89. The van der Waals surface area contributed by atoms with Gasteiger partial charge in [-0.25, -0.2) is 13.1 Å². The summed E-state index contributed by atoms with van der Waals surface area (Å²) in [5.74, 6) is -0.272. The van der Waals surface area contributed by atoms with Crippen LogP contribution in [0.4, 0.5) is 5.69 Å². The van der Waals surface area contributed by atoms with Crippen LogP contribution in [0.25, 0.3) is 22.8 Å². The Morgan fingerprint density at radius 2 is 1.79 bits per heavy atom. The number of likely N-dealkylation sites (N-methyl/N-ethyl adjacent to an activating group) is 1. The van der Waals surface area contributed by atoms with Gasteiger partial charge in [-0.2, -0.15) is 0 Å². The summed E-state index contributed by atoms with van der Waals surface area (Å²) >= 11 is 0. The van der Waals surface area contributed by atoms with Gasteiger partial charge in [0.15, 0.2) is 0 Å². The molecule has 0 spiro atoms. The number of benzene rings is 2. The van der Waals surface area contributed by atoms with Gasteiger partial charge in [0, 0.05) is 59.9 Å². The maximum Gasteiger partial charge on any atom is 0.256 e. The average molecular weight is 534 g/mol. The third-order valence-corrected chi connectivity index (χ3v) is 8.72. The van der Waals surface area contributed by atoms with E-state index in [0.29, 0.717) is 35.5 Å². The lowest BCUT2D eigenvalue weighted by atomic mass is 9.98. The largest absolute Gasteiger partial charge is 0.358 e. The van der Waals surface area contributed by atoms with E-state index in [4.69, 9.17) is 0 Å². The van der Waals surface area contributed by atoms with Crippen molar-refractivity contribution in [2.45, 2.75) is 18.7 Å². The molecule has 2 aromatic carbocycles. The molecule has 0 saturated carbocycles. The smallest absolute Gasteiger partial charge is 0.256 e. The second-order valence-electron chi connectivity index (χ2n) is 9.77. The Morgan fingerprint density at radius 1 is 1.05 bits per heavy atom. The van der Waals surface area contributed by atoms with E-state index in [0.717, 1.165) is 41.2 Å². The molecule has 0 radical (unpaired) electrons. The van der Waals surface area contributed by atoms with Gasteiger partial charge in [-0.15, -0.1) is 0 Å². The Labute approximate surface area is 222 Å². The molecule has 0 aliphatic carbocycles. The van der Waals surface area contributed by atoms with Crippen molar-refractivity contribution in [2.75, 3.05) is 45.6 Å². The number of hydrogen-bond donors (Lipinski definition) is 3. The number of piperazine rings is 1. The molecule has 2 amide bonds. The van der Waals surface area contributed by atoms with Crippen LogP contribution in [0.1, 0.15) is 32.9 Å². The molecule has 2 aliphatic heterocycles. The number of sulfonamides is 1. The first-order chi connectivity index (χ1) is 18.1. The van der Waals surface area contributed by atoms with Crippen LogP contribution in [-0.2, 0) is 14.8 Å². The number of hydrogen-bond acceptors (Lipinski definition) is 5. The Hall–Kier alpha value is -3.73. The Morgan fingerprint density at radius 3 is 2.50 bits per heavy atom. The lowest BCUT2D eigenvalue weighted by molar-refractivity contribution is -0.110. The number of aromatic amines is 1. The highest BCUT2D eigenvalue weighted by atomic mass is 32.2. The minimum atomic E-state index is -3.66. The minimum absolute atomic E-state index is 0.0275. The first-order valence-electron chi connectivity index (χ1n) is 12.5. The maximum atomic E-state index is 13.2. The molecule has 0 unspecified atom stereocenters. The molecule has 0 bridgehead atoms. The lowest BCUT2D eigenvalue weighted by Gasteiger charge is -2.32. The Bertz CT molecular complexity index is 1580. The number of carbonyl (C=O) groups is 2. The Kier molecular flexibility index (Phi) is 6.72. The van der Waals surface area contributed by atoms with Gasteiger partial charge in [0.1, 0.15) is 0 Å². The lowest BCUT2D eigenvalue weighted by Crippen LogP contribution is -2.47. The van der Waals surface area contributed by atoms with E-state index < -0.39 is 10.0 Å². The number of nitrogens with zero attached hydrogens (tertiary/aromatic N) is 2. The number of aromatic nitrogens is 1. The number of nitrogens with one attached hydrogen (secondary N) is 3. The molecule has 1 saturated heterocycles. The molecule has 3 aromatic rings. The molecular weight excluding hydrogens is 502 g/mol. The van der Waals surface area contributed by atoms with E-state index in [1.807, 2.05) is 43.0 Å². The van der Waals surface area contributed by atoms with E-state index in [2.05, 4.69) is 27.0 Å². The van der Waals surface area contributed by atoms with Gasteiger partial charge in [0.2, 0.25) is 10.0 Å². The predicted molar refractivity (Wildman–Crippen MR) is 148 cm³/mol. The van der Waals surface area contributed by atoms with Crippen molar-refractivity contribution in [3.63, 3.8) is 0 Å². The van der Waals surface area contributed by atoms with Crippen molar-refractivity contribution in [2.24, 2.45) is 0 Å². The zero-order valence-electron chi connectivity index (χ0n) is 21.9. The van der Waals surface area contributed by atoms with Gasteiger partial charge >= 0.3 is 0 Å². The van der Waals surface area contributed by atoms with Crippen molar-refractivity contribution in [3.05, 3.63) is 70.5 Å². The standard InChI is InChI=1S/C28H31N5O4S/c1-17-25(16-23-22-15-21(38(36,37)29-3)8-9-24(22)31-27(23)34)30-18(2)26(17)19-6-5-7-20(14-19)28(35)33-12-10-32(4)11-13-33/h5-9,14-16,29-30H,10-13H2,1-4H3,(H,31,34). The van der Waals surface area contributed by atoms with Crippen LogP contribution < -0.4 is 10.0 Å². The summed E-state index contributed by atoms with van der Waals surface area (Å²) in [6.07, 6.45) is 1.75. The SMILES string of the molecule is CNS(=O)(=O)c1ccc2c(c1)C(=Cc1[nH]c(C)c(-c3cccc(C(=O)N4CCN(C)CC4)c3)c1C)C(=O)N2. The maximum absolute atomic E-state index is 13.2. The van der Waals surface area contributed by atoms with Gasteiger partial charge in [0.25, 0.3) is 11.8 Å². The van der Waals surface area contributed by atoms with Gasteiger partial charge < -0.3 is 20.1 Å². The number of H-pyrrole nitrogens is 1. The fourth-order valence-electron chi connectivity index (χ4n) is 5.09. The van der Waals surface area contributed by atoms with Crippen LogP contribution in [0.5, 0.6) is 0 Å². The van der Waals surface area contributed by atoms with Crippen molar-refractivity contribution in [1.82, 2.24) is 19.5 Å². The topological polar surface area (TPSA) is 115 Å². The number of fused-ring (bicyclic) bond motifs is 1. The van der Waals surface area contributed by atoms with Gasteiger partial charge in [-0.3, -0.25) is 9.59 Å². The summed E-state index contributed by atoms with van der Waals surface area (Å²) in [7, 11) is -0.250. The Balaban J connectivity index is 1.50.